The van der Waals surface area contributed by atoms with Crippen LogP contribution in [-0.2, 0) is 11.3 Å². The molecule has 0 aliphatic heterocycles. The molecule has 96 valence electrons. The molecule has 1 aromatic rings. The fourth-order valence-electron chi connectivity index (χ4n) is 1.70. The second kappa shape index (κ2) is 4.74. The summed E-state index contributed by atoms with van der Waals surface area (Å²) in [5.74, 6) is 1.87. The van der Waals surface area contributed by atoms with Crippen LogP contribution in [0.4, 0.5) is 0 Å². The minimum absolute atomic E-state index is 0.00198. The van der Waals surface area contributed by atoms with Gasteiger partial charge in [0.1, 0.15) is 6.10 Å². The Morgan fingerprint density at radius 3 is 2.71 bits per heavy atom. The largest absolute Gasteiger partial charge is 0.373 e. The molecule has 1 heterocycles. The van der Waals surface area contributed by atoms with Gasteiger partial charge in [0.05, 0.1) is 6.54 Å². The summed E-state index contributed by atoms with van der Waals surface area (Å²) in [7, 11) is 1.70. The molecule has 1 atom stereocenters. The number of methoxy groups -OCH3 is 1. The summed E-state index contributed by atoms with van der Waals surface area (Å²) >= 11 is 0. The van der Waals surface area contributed by atoms with Crippen LogP contribution < -0.4 is 5.32 Å². The van der Waals surface area contributed by atoms with Crippen molar-refractivity contribution in [1.29, 1.82) is 0 Å². The molecule has 1 aliphatic rings. The smallest absolute Gasteiger partial charge is 0.240 e. The van der Waals surface area contributed by atoms with Gasteiger partial charge < -0.3 is 14.6 Å². The predicted molar refractivity (Wildman–Crippen MR) is 63.4 cm³/mol. The Morgan fingerprint density at radius 1 is 1.47 bits per heavy atom. The standard InChI is InChI=1S/C12H21N3O2/c1-12(2,3)13-7-9-14-11(15-17-9)10(16-4)8-5-6-8/h8,10,13H,5-7H2,1-4H3. The van der Waals surface area contributed by atoms with Crippen LogP contribution in [-0.4, -0.2) is 22.8 Å². The molecule has 5 nitrogen and oxygen atoms in total. The SMILES string of the molecule is COC(c1noc(CNC(C)(C)C)n1)C1CC1. The summed E-state index contributed by atoms with van der Waals surface area (Å²) in [6.07, 6.45) is 2.40. The van der Waals surface area contributed by atoms with E-state index in [0.29, 0.717) is 24.2 Å². The summed E-state index contributed by atoms with van der Waals surface area (Å²) in [5, 5.41) is 7.31. The molecule has 0 amide bonds. The lowest BCUT2D eigenvalue weighted by atomic mass is 10.1. The zero-order valence-electron chi connectivity index (χ0n) is 11.0. The van der Waals surface area contributed by atoms with Gasteiger partial charge in [-0.1, -0.05) is 5.16 Å². The lowest BCUT2D eigenvalue weighted by Gasteiger charge is -2.18. The molecular weight excluding hydrogens is 218 g/mol. The molecule has 17 heavy (non-hydrogen) atoms. The van der Waals surface area contributed by atoms with Crippen molar-refractivity contribution in [2.45, 2.75) is 51.8 Å². The van der Waals surface area contributed by atoms with Crippen LogP contribution in [0.1, 0.15) is 51.4 Å². The lowest BCUT2D eigenvalue weighted by Crippen LogP contribution is -2.35. The van der Waals surface area contributed by atoms with E-state index >= 15 is 0 Å². The summed E-state index contributed by atoms with van der Waals surface area (Å²) in [6.45, 7) is 6.91. The van der Waals surface area contributed by atoms with Crippen molar-refractivity contribution in [3.05, 3.63) is 11.7 Å². The first-order chi connectivity index (χ1) is 7.99. The summed E-state index contributed by atoms with van der Waals surface area (Å²) < 4.78 is 10.6. The van der Waals surface area contributed by atoms with Crippen molar-refractivity contribution in [3.63, 3.8) is 0 Å². The van der Waals surface area contributed by atoms with Crippen molar-refractivity contribution in [1.82, 2.24) is 15.5 Å². The lowest BCUT2D eigenvalue weighted by molar-refractivity contribution is 0.0751. The monoisotopic (exact) mass is 239 g/mol. The highest BCUT2D eigenvalue weighted by Crippen LogP contribution is 2.41. The molecule has 5 heteroatoms. The normalized spacial score (nSPS) is 18.4. The van der Waals surface area contributed by atoms with Crippen LogP contribution in [0.3, 0.4) is 0 Å². The molecule has 0 radical (unpaired) electrons. The van der Waals surface area contributed by atoms with Crippen molar-refractivity contribution in [2.24, 2.45) is 5.92 Å². The minimum Gasteiger partial charge on any atom is -0.373 e. The molecule has 1 fully saturated rings. The van der Waals surface area contributed by atoms with E-state index in [1.54, 1.807) is 7.11 Å². The average molecular weight is 239 g/mol. The molecule has 1 aliphatic carbocycles. The van der Waals surface area contributed by atoms with Gasteiger partial charge in [-0.2, -0.15) is 4.98 Å². The molecule has 1 saturated carbocycles. The average Bonchev–Trinajstić information content (AvgIpc) is 2.95. The third kappa shape index (κ3) is 3.51. The second-order valence-electron chi connectivity index (χ2n) is 5.64. The number of aromatic nitrogens is 2. The topological polar surface area (TPSA) is 60.2 Å². The van der Waals surface area contributed by atoms with E-state index in [1.165, 1.54) is 12.8 Å². The first kappa shape index (κ1) is 12.5. The van der Waals surface area contributed by atoms with E-state index in [4.69, 9.17) is 9.26 Å². The summed E-state index contributed by atoms with van der Waals surface area (Å²) in [4.78, 5) is 4.38. The second-order valence-corrected chi connectivity index (χ2v) is 5.64. The Hall–Kier alpha value is -0.940. The van der Waals surface area contributed by atoms with Gasteiger partial charge in [0.2, 0.25) is 11.7 Å². The first-order valence-corrected chi connectivity index (χ1v) is 6.10. The van der Waals surface area contributed by atoms with E-state index in [-0.39, 0.29) is 11.6 Å². The zero-order chi connectivity index (χ0) is 12.5. The number of hydrogen-bond acceptors (Lipinski definition) is 5. The number of ether oxygens (including phenoxy) is 1. The Labute approximate surface area is 102 Å². The molecule has 2 rings (SSSR count). The highest BCUT2D eigenvalue weighted by molar-refractivity contribution is 4.98. The van der Waals surface area contributed by atoms with Gasteiger partial charge in [-0.15, -0.1) is 0 Å². The van der Waals surface area contributed by atoms with Crippen LogP contribution in [0.15, 0.2) is 4.52 Å². The number of hydrogen-bond donors (Lipinski definition) is 1. The molecule has 1 aromatic heterocycles. The predicted octanol–water partition coefficient (Wildman–Crippen LogP) is 2.06. The van der Waals surface area contributed by atoms with Gasteiger partial charge >= 0.3 is 0 Å². The van der Waals surface area contributed by atoms with Crippen molar-refractivity contribution in [2.75, 3.05) is 7.11 Å². The van der Waals surface area contributed by atoms with Crippen molar-refractivity contribution >= 4 is 0 Å². The van der Waals surface area contributed by atoms with E-state index in [0.717, 1.165) is 0 Å². The zero-order valence-corrected chi connectivity index (χ0v) is 11.0. The third-order valence-electron chi connectivity index (χ3n) is 2.81. The molecule has 1 unspecified atom stereocenters. The highest BCUT2D eigenvalue weighted by atomic mass is 16.5. The Morgan fingerprint density at radius 2 is 2.18 bits per heavy atom. The molecule has 1 N–H and O–H groups in total. The van der Waals surface area contributed by atoms with Crippen LogP contribution >= 0.6 is 0 Å². The molecule has 0 bridgehead atoms. The van der Waals surface area contributed by atoms with Gasteiger partial charge in [0.25, 0.3) is 0 Å². The van der Waals surface area contributed by atoms with Gasteiger partial charge in [-0.05, 0) is 39.5 Å². The highest BCUT2D eigenvalue weighted by Gasteiger charge is 2.35. The van der Waals surface area contributed by atoms with E-state index < -0.39 is 0 Å². The fourth-order valence-corrected chi connectivity index (χ4v) is 1.70. The molecule has 0 saturated heterocycles. The van der Waals surface area contributed by atoms with Gasteiger partial charge in [0, 0.05) is 12.6 Å². The fraction of sp³-hybridized carbons (Fsp3) is 0.833. The van der Waals surface area contributed by atoms with E-state index in [1.807, 2.05) is 0 Å². The summed E-state index contributed by atoms with van der Waals surface area (Å²) in [5.41, 5.74) is 0.0474. The Balaban J connectivity index is 1.95. The van der Waals surface area contributed by atoms with Crippen molar-refractivity contribution in [3.8, 4) is 0 Å². The van der Waals surface area contributed by atoms with Gasteiger partial charge in [-0.25, -0.2) is 0 Å². The van der Waals surface area contributed by atoms with Gasteiger partial charge in [0.15, 0.2) is 0 Å². The van der Waals surface area contributed by atoms with E-state index in [9.17, 15) is 0 Å². The Bertz CT molecular complexity index is 366. The summed E-state index contributed by atoms with van der Waals surface area (Å²) in [6, 6.07) is 0. The molecular formula is C12H21N3O2. The molecule has 0 aromatic carbocycles. The van der Waals surface area contributed by atoms with Crippen LogP contribution in [0.25, 0.3) is 0 Å². The maximum absolute atomic E-state index is 5.41. The maximum atomic E-state index is 5.41. The van der Waals surface area contributed by atoms with Crippen LogP contribution in [0.2, 0.25) is 0 Å². The number of nitrogens with one attached hydrogen (secondary N) is 1. The van der Waals surface area contributed by atoms with Crippen LogP contribution in [0, 0.1) is 5.92 Å². The number of nitrogens with zero attached hydrogens (tertiary/aromatic N) is 2. The van der Waals surface area contributed by atoms with E-state index in [2.05, 4.69) is 36.2 Å². The maximum Gasteiger partial charge on any atom is 0.240 e. The molecule has 0 spiro atoms. The quantitative estimate of drug-likeness (QED) is 0.852. The minimum atomic E-state index is 0.00198. The Kier molecular flexibility index (Phi) is 3.49. The number of rotatable bonds is 5. The van der Waals surface area contributed by atoms with Crippen LogP contribution in [0.5, 0.6) is 0 Å². The van der Waals surface area contributed by atoms with Crippen molar-refractivity contribution < 1.29 is 9.26 Å². The first-order valence-electron chi connectivity index (χ1n) is 6.10. The van der Waals surface area contributed by atoms with Gasteiger partial charge in [-0.3, -0.25) is 0 Å². The third-order valence-corrected chi connectivity index (χ3v) is 2.81.